The van der Waals surface area contributed by atoms with Crippen LogP contribution in [0, 0.1) is 0 Å². The Labute approximate surface area is 69.4 Å². The largest absolute Gasteiger partial charge is 0.340 e. The van der Waals surface area contributed by atoms with Crippen molar-refractivity contribution in [1.29, 1.82) is 0 Å². The van der Waals surface area contributed by atoms with Gasteiger partial charge < -0.3 is 4.57 Å². The molecule has 1 aromatic rings. The smallest absolute Gasteiger partial charge is 0.0946 e. The molecular weight excluding hydrogens is 192 g/mol. The van der Waals surface area contributed by atoms with Gasteiger partial charge in [0.15, 0.2) is 0 Å². The minimum Gasteiger partial charge on any atom is -0.340 e. The van der Waals surface area contributed by atoms with E-state index in [1.165, 1.54) is 5.69 Å². The van der Waals surface area contributed by atoms with Gasteiger partial charge in [-0.05, 0) is 12.8 Å². The predicted molar refractivity (Wildman–Crippen MR) is 45.3 cm³/mol. The van der Waals surface area contributed by atoms with E-state index < -0.39 is 0 Å². The Morgan fingerprint density at radius 1 is 1.70 bits per heavy atom. The molecule has 1 heterocycles. The zero-order valence-electron chi connectivity index (χ0n) is 6.05. The monoisotopic (exact) mass is 202 g/mol. The Balaban J connectivity index is 2.42. The van der Waals surface area contributed by atoms with Crippen molar-refractivity contribution >= 4 is 15.9 Å². The van der Waals surface area contributed by atoms with Crippen molar-refractivity contribution in [1.82, 2.24) is 9.55 Å². The van der Waals surface area contributed by atoms with Crippen molar-refractivity contribution in [2.24, 2.45) is 7.05 Å². The van der Waals surface area contributed by atoms with Gasteiger partial charge in [0, 0.05) is 18.6 Å². The van der Waals surface area contributed by atoms with Crippen LogP contribution in [-0.2, 0) is 13.5 Å². The fraction of sp³-hybridized carbons (Fsp3) is 0.571. The van der Waals surface area contributed by atoms with E-state index in [0.717, 1.165) is 18.2 Å². The molecule has 0 aliphatic carbocycles. The lowest BCUT2D eigenvalue weighted by atomic mass is 10.3. The highest BCUT2D eigenvalue weighted by Gasteiger charge is 1.93. The summed E-state index contributed by atoms with van der Waals surface area (Å²) < 4.78 is 1.98. The van der Waals surface area contributed by atoms with E-state index in [0.29, 0.717) is 0 Å². The van der Waals surface area contributed by atoms with Crippen LogP contribution in [-0.4, -0.2) is 14.9 Å². The van der Waals surface area contributed by atoms with Gasteiger partial charge in [-0.3, -0.25) is 0 Å². The molecule has 0 aliphatic rings. The first-order valence-electron chi connectivity index (χ1n) is 3.35. The van der Waals surface area contributed by atoms with Crippen LogP contribution < -0.4 is 0 Å². The standard InChI is InChI=1S/C7H11BrN2/c1-10-5-7(9-6-10)3-2-4-8/h5-6H,2-4H2,1H3. The van der Waals surface area contributed by atoms with Crippen LogP contribution in [0.1, 0.15) is 12.1 Å². The summed E-state index contributed by atoms with van der Waals surface area (Å²) in [5.74, 6) is 0. The molecule has 0 amide bonds. The van der Waals surface area contributed by atoms with Crippen molar-refractivity contribution < 1.29 is 0 Å². The maximum Gasteiger partial charge on any atom is 0.0946 e. The van der Waals surface area contributed by atoms with Crippen LogP contribution in [0.5, 0.6) is 0 Å². The Kier molecular flexibility index (Phi) is 2.93. The lowest BCUT2D eigenvalue weighted by molar-refractivity contribution is 0.895. The summed E-state index contributed by atoms with van der Waals surface area (Å²) in [5.41, 5.74) is 1.18. The molecule has 0 unspecified atom stereocenters. The first-order valence-corrected chi connectivity index (χ1v) is 4.48. The van der Waals surface area contributed by atoms with Crippen molar-refractivity contribution in [3.63, 3.8) is 0 Å². The van der Waals surface area contributed by atoms with Crippen LogP contribution in [0.2, 0.25) is 0 Å². The van der Waals surface area contributed by atoms with Crippen molar-refractivity contribution in [2.45, 2.75) is 12.8 Å². The summed E-state index contributed by atoms with van der Waals surface area (Å²) in [6, 6.07) is 0. The lowest BCUT2D eigenvalue weighted by Gasteiger charge is -1.89. The molecule has 1 aromatic heterocycles. The number of nitrogens with zero attached hydrogens (tertiary/aromatic N) is 2. The summed E-state index contributed by atoms with van der Waals surface area (Å²) in [7, 11) is 1.99. The van der Waals surface area contributed by atoms with Gasteiger partial charge in [0.1, 0.15) is 0 Å². The molecule has 0 bridgehead atoms. The van der Waals surface area contributed by atoms with E-state index in [2.05, 4.69) is 27.1 Å². The van der Waals surface area contributed by atoms with Crippen LogP contribution in [0.3, 0.4) is 0 Å². The number of aromatic nitrogens is 2. The van der Waals surface area contributed by atoms with Gasteiger partial charge in [0.05, 0.1) is 12.0 Å². The number of imidazole rings is 1. The highest BCUT2D eigenvalue weighted by Crippen LogP contribution is 2.00. The van der Waals surface area contributed by atoms with Crippen LogP contribution in [0.25, 0.3) is 0 Å². The number of alkyl halides is 1. The van der Waals surface area contributed by atoms with Crippen LogP contribution in [0.15, 0.2) is 12.5 Å². The highest BCUT2D eigenvalue weighted by atomic mass is 79.9. The molecule has 0 fully saturated rings. The van der Waals surface area contributed by atoms with Gasteiger partial charge in [-0.25, -0.2) is 4.98 Å². The third-order valence-corrected chi connectivity index (χ3v) is 1.89. The summed E-state index contributed by atoms with van der Waals surface area (Å²) in [6.07, 6.45) is 6.13. The summed E-state index contributed by atoms with van der Waals surface area (Å²) >= 11 is 3.38. The Bertz CT molecular complexity index is 195. The molecule has 0 saturated carbocycles. The van der Waals surface area contributed by atoms with E-state index in [1.807, 2.05) is 17.9 Å². The van der Waals surface area contributed by atoms with Gasteiger partial charge in [-0.15, -0.1) is 0 Å². The van der Waals surface area contributed by atoms with Crippen molar-refractivity contribution in [3.8, 4) is 0 Å². The average molecular weight is 203 g/mol. The molecule has 0 aromatic carbocycles. The average Bonchev–Trinajstić information content (AvgIpc) is 2.31. The van der Waals surface area contributed by atoms with Crippen LogP contribution >= 0.6 is 15.9 Å². The molecule has 0 saturated heterocycles. The maximum absolute atomic E-state index is 4.20. The summed E-state index contributed by atoms with van der Waals surface area (Å²) in [4.78, 5) is 4.20. The first kappa shape index (κ1) is 7.79. The van der Waals surface area contributed by atoms with Gasteiger partial charge in [0.2, 0.25) is 0 Å². The van der Waals surface area contributed by atoms with Crippen LogP contribution in [0.4, 0.5) is 0 Å². The molecule has 3 heteroatoms. The van der Waals surface area contributed by atoms with Gasteiger partial charge >= 0.3 is 0 Å². The minimum absolute atomic E-state index is 1.06. The second kappa shape index (κ2) is 3.76. The first-order chi connectivity index (χ1) is 4.83. The number of aryl methyl sites for hydroxylation is 2. The summed E-state index contributed by atoms with van der Waals surface area (Å²) in [5, 5.41) is 1.06. The van der Waals surface area contributed by atoms with Gasteiger partial charge in [-0.2, -0.15) is 0 Å². The summed E-state index contributed by atoms with van der Waals surface area (Å²) in [6.45, 7) is 0. The van der Waals surface area contributed by atoms with E-state index in [-0.39, 0.29) is 0 Å². The second-order valence-corrected chi connectivity index (χ2v) is 3.12. The van der Waals surface area contributed by atoms with Gasteiger partial charge in [0.25, 0.3) is 0 Å². The molecule has 56 valence electrons. The SMILES string of the molecule is Cn1cnc(CCCBr)c1. The predicted octanol–water partition coefficient (Wildman–Crippen LogP) is 1.75. The fourth-order valence-corrected chi connectivity index (χ4v) is 1.12. The Morgan fingerprint density at radius 2 is 2.50 bits per heavy atom. The Morgan fingerprint density at radius 3 is 3.00 bits per heavy atom. The third kappa shape index (κ3) is 2.14. The number of hydrogen-bond donors (Lipinski definition) is 0. The fourth-order valence-electron chi connectivity index (χ4n) is 0.844. The van der Waals surface area contributed by atoms with Crippen molar-refractivity contribution in [3.05, 3.63) is 18.2 Å². The molecule has 10 heavy (non-hydrogen) atoms. The highest BCUT2D eigenvalue weighted by molar-refractivity contribution is 9.09. The van der Waals surface area contributed by atoms with E-state index in [1.54, 1.807) is 0 Å². The third-order valence-electron chi connectivity index (χ3n) is 1.32. The van der Waals surface area contributed by atoms with E-state index in [4.69, 9.17) is 0 Å². The molecule has 2 nitrogen and oxygen atoms in total. The Hall–Kier alpha value is -0.310. The van der Waals surface area contributed by atoms with E-state index >= 15 is 0 Å². The van der Waals surface area contributed by atoms with Crippen molar-refractivity contribution in [2.75, 3.05) is 5.33 Å². The molecule has 0 radical (unpaired) electrons. The molecule has 0 atom stereocenters. The number of rotatable bonds is 3. The maximum atomic E-state index is 4.20. The normalized spacial score (nSPS) is 10.2. The second-order valence-electron chi connectivity index (χ2n) is 2.32. The zero-order valence-corrected chi connectivity index (χ0v) is 7.63. The lowest BCUT2D eigenvalue weighted by Crippen LogP contribution is -1.85. The molecule has 1 rings (SSSR count). The molecule has 0 N–H and O–H groups in total. The zero-order chi connectivity index (χ0) is 7.40. The molecule has 0 aliphatic heterocycles. The number of hydrogen-bond acceptors (Lipinski definition) is 1. The molecule has 0 spiro atoms. The quantitative estimate of drug-likeness (QED) is 0.684. The topological polar surface area (TPSA) is 17.8 Å². The number of halogens is 1. The van der Waals surface area contributed by atoms with Gasteiger partial charge in [-0.1, -0.05) is 15.9 Å². The van der Waals surface area contributed by atoms with E-state index in [9.17, 15) is 0 Å². The minimum atomic E-state index is 1.06. The molecular formula is C7H11BrN2.